The Morgan fingerprint density at radius 3 is 2.30 bits per heavy atom. The standard InChI is InChI=1S/C10H17N5.C4H4O4/c1-8(2)15-12-10(11-13-15)9-5-4-6-14(3)7-9;5-3(6)1-2-4(7)8/h5,8H,4,6-7H2,1-3H3;1-2H,(H,5,6)(H,7,8)/b;2-1+. The summed E-state index contributed by atoms with van der Waals surface area (Å²) in [5, 5.41) is 28.1. The highest BCUT2D eigenvalue weighted by molar-refractivity contribution is 5.89. The molecule has 0 saturated carbocycles. The second kappa shape index (κ2) is 8.79. The number of carboxylic acids is 2. The maximum Gasteiger partial charge on any atom is 0.328 e. The van der Waals surface area contributed by atoms with Gasteiger partial charge in [-0.2, -0.15) is 4.80 Å². The zero-order chi connectivity index (χ0) is 17.4. The molecule has 1 aliphatic rings. The first-order chi connectivity index (χ1) is 10.8. The molecule has 0 amide bonds. The van der Waals surface area contributed by atoms with Gasteiger partial charge in [0.05, 0.1) is 6.04 Å². The van der Waals surface area contributed by atoms with E-state index in [1.54, 1.807) is 4.80 Å². The smallest absolute Gasteiger partial charge is 0.328 e. The van der Waals surface area contributed by atoms with Gasteiger partial charge in [-0.1, -0.05) is 6.08 Å². The van der Waals surface area contributed by atoms with Crippen molar-refractivity contribution < 1.29 is 19.8 Å². The lowest BCUT2D eigenvalue weighted by Gasteiger charge is -2.20. The molecule has 9 nitrogen and oxygen atoms in total. The first kappa shape index (κ1) is 18.5. The van der Waals surface area contributed by atoms with Crippen LogP contribution in [0.25, 0.3) is 5.57 Å². The van der Waals surface area contributed by atoms with E-state index in [4.69, 9.17) is 10.2 Å². The van der Waals surface area contributed by atoms with Gasteiger partial charge in [-0.15, -0.1) is 10.2 Å². The third-order valence-corrected chi connectivity index (χ3v) is 2.89. The molecule has 2 rings (SSSR count). The van der Waals surface area contributed by atoms with Crippen LogP contribution in [0.2, 0.25) is 0 Å². The Bertz CT molecular complexity index is 590. The predicted molar refractivity (Wildman–Crippen MR) is 82.7 cm³/mol. The number of carbonyl (C=O) groups is 2. The minimum Gasteiger partial charge on any atom is -0.478 e. The molecule has 0 aliphatic carbocycles. The Hall–Kier alpha value is -2.55. The molecule has 0 radical (unpaired) electrons. The van der Waals surface area contributed by atoms with Crippen LogP contribution < -0.4 is 0 Å². The lowest BCUT2D eigenvalue weighted by Crippen LogP contribution is -2.25. The molecule has 1 aromatic heterocycles. The monoisotopic (exact) mass is 323 g/mol. The quantitative estimate of drug-likeness (QED) is 0.776. The van der Waals surface area contributed by atoms with Crippen LogP contribution in [0.5, 0.6) is 0 Å². The van der Waals surface area contributed by atoms with Gasteiger partial charge in [0.25, 0.3) is 0 Å². The number of aliphatic carboxylic acids is 2. The number of aromatic nitrogens is 4. The van der Waals surface area contributed by atoms with Crippen molar-refractivity contribution in [3.63, 3.8) is 0 Å². The lowest BCUT2D eigenvalue weighted by molar-refractivity contribution is -0.134. The van der Waals surface area contributed by atoms with Crippen LogP contribution in [0.4, 0.5) is 0 Å². The summed E-state index contributed by atoms with van der Waals surface area (Å²) in [4.78, 5) is 23.0. The highest BCUT2D eigenvalue weighted by Gasteiger charge is 2.15. The van der Waals surface area contributed by atoms with Crippen LogP contribution in [0.1, 0.15) is 32.1 Å². The van der Waals surface area contributed by atoms with Gasteiger partial charge in [-0.3, -0.25) is 0 Å². The number of carboxylic acid groups (broad SMARTS) is 2. The van der Waals surface area contributed by atoms with Gasteiger partial charge >= 0.3 is 11.9 Å². The second-order valence-corrected chi connectivity index (χ2v) is 5.29. The Morgan fingerprint density at radius 2 is 1.87 bits per heavy atom. The average molecular weight is 323 g/mol. The molecule has 0 saturated heterocycles. The van der Waals surface area contributed by atoms with E-state index in [1.165, 1.54) is 5.57 Å². The molecule has 0 bridgehead atoms. The third kappa shape index (κ3) is 6.83. The Morgan fingerprint density at radius 1 is 1.26 bits per heavy atom. The van der Waals surface area contributed by atoms with Crippen molar-refractivity contribution in [3.05, 3.63) is 24.1 Å². The minimum absolute atomic E-state index is 0.271. The number of tetrazole rings is 1. The van der Waals surface area contributed by atoms with Crippen molar-refractivity contribution in [1.29, 1.82) is 0 Å². The molecule has 2 heterocycles. The highest BCUT2D eigenvalue weighted by Crippen LogP contribution is 2.16. The van der Waals surface area contributed by atoms with Crippen molar-refractivity contribution in [2.45, 2.75) is 26.3 Å². The molecule has 0 fully saturated rings. The topological polar surface area (TPSA) is 121 Å². The molecule has 1 aliphatic heterocycles. The first-order valence-electron chi connectivity index (χ1n) is 7.11. The fourth-order valence-electron chi connectivity index (χ4n) is 1.77. The molecule has 2 N–H and O–H groups in total. The van der Waals surface area contributed by atoms with E-state index in [1.807, 2.05) is 13.8 Å². The van der Waals surface area contributed by atoms with Crippen LogP contribution in [0, 0.1) is 0 Å². The van der Waals surface area contributed by atoms with Crippen molar-refractivity contribution in [1.82, 2.24) is 25.1 Å². The van der Waals surface area contributed by atoms with Crippen LogP contribution in [-0.2, 0) is 9.59 Å². The normalized spacial score (nSPS) is 15.2. The largest absolute Gasteiger partial charge is 0.478 e. The number of hydrogen-bond donors (Lipinski definition) is 2. The van der Waals surface area contributed by atoms with E-state index in [9.17, 15) is 9.59 Å². The summed E-state index contributed by atoms with van der Waals surface area (Å²) in [6.45, 7) is 6.13. The maximum atomic E-state index is 9.55. The van der Waals surface area contributed by atoms with Gasteiger partial charge in [0.15, 0.2) is 0 Å². The summed E-state index contributed by atoms with van der Waals surface area (Å²) in [6.07, 6.45) is 4.40. The molecule has 126 valence electrons. The molecule has 0 spiro atoms. The Kier molecular flexibility index (Phi) is 7.07. The van der Waals surface area contributed by atoms with E-state index in [2.05, 4.69) is 33.4 Å². The van der Waals surface area contributed by atoms with E-state index >= 15 is 0 Å². The number of hydrogen-bond acceptors (Lipinski definition) is 6. The predicted octanol–water partition coefficient (Wildman–Crippen LogP) is 0.685. The molecule has 23 heavy (non-hydrogen) atoms. The summed E-state index contributed by atoms with van der Waals surface area (Å²) in [7, 11) is 2.11. The van der Waals surface area contributed by atoms with Gasteiger partial charge in [-0.05, 0) is 32.5 Å². The van der Waals surface area contributed by atoms with Crippen molar-refractivity contribution >= 4 is 17.5 Å². The molecule has 1 aromatic rings. The fourth-order valence-corrected chi connectivity index (χ4v) is 1.77. The van der Waals surface area contributed by atoms with Gasteiger partial charge < -0.3 is 15.1 Å². The SMILES string of the molecule is CC(C)n1nnc(C2=CCCN(C)C2)n1.O=C(O)/C=C/C(=O)O. The van der Waals surface area contributed by atoms with E-state index in [0.29, 0.717) is 12.2 Å². The van der Waals surface area contributed by atoms with E-state index < -0.39 is 11.9 Å². The summed E-state index contributed by atoms with van der Waals surface area (Å²) >= 11 is 0. The maximum absolute atomic E-state index is 9.55. The summed E-state index contributed by atoms with van der Waals surface area (Å²) < 4.78 is 0. The minimum atomic E-state index is -1.26. The Balaban J connectivity index is 0.000000284. The number of likely N-dealkylation sites (N-methyl/N-ethyl adjacent to an activating group) is 1. The van der Waals surface area contributed by atoms with E-state index in [0.717, 1.165) is 25.3 Å². The van der Waals surface area contributed by atoms with Gasteiger partial charge in [0, 0.05) is 30.8 Å². The third-order valence-electron chi connectivity index (χ3n) is 2.89. The van der Waals surface area contributed by atoms with Crippen LogP contribution in [0.15, 0.2) is 18.2 Å². The Labute approximate surface area is 133 Å². The van der Waals surface area contributed by atoms with Crippen LogP contribution in [-0.4, -0.2) is 67.4 Å². The molecule has 0 aromatic carbocycles. The lowest BCUT2D eigenvalue weighted by atomic mass is 10.1. The number of rotatable bonds is 4. The van der Waals surface area contributed by atoms with Crippen molar-refractivity contribution in [2.75, 3.05) is 20.1 Å². The first-order valence-corrected chi connectivity index (χ1v) is 7.11. The summed E-state index contributed by atoms with van der Waals surface area (Å²) in [5.74, 6) is -1.74. The average Bonchev–Trinajstić information content (AvgIpc) is 2.96. The van der Waals surface area contributed by atoms with Crippen LogP contribution >= 0.6 is 0 Å². The fraction of sp³-hybridized carbons (Fsp3) is 0.500. The van der Waals surface area contributed by atoms with Crippen molar-refractivity contribution in [2.24, 2.45) is 0 Å². The zero-order valence-corrected chi connectivity index (χ0v) is 13.4. The molecule has 0 unspecified atom stereocenters. The highest BCUT2D eigenvalue weighted by atomic mass is 16.4. The van der Waals surface area contributed by atoms with E-state index in [-0.39, 0.29) is 6.04 Å². The van der Waals surface area contributed by atoms with Gasteiger partial charge in [0.2, 0.25) is 5.82 Å². The number of nitrogens with zero attached hydrogens (tertiary/aromatic N) is 5. The summed E-state index contributed by atoms with van der Waals surface area (Å²) in [6, 6.07) is 0.271. The zero-order valence-electron chi connectivity index (χ0n) is 13.4. The van der Waals surface area contributed by atoms with Gasteiger partial charge in [0.1, 0.15) is 0 Å². The molecule has 0 atom stereocenters. The molecular formula is C14H21N5O4. The molecular weight excluding hydrogens is 302 g/mol. The van der Waals surface area contributed by atoms with Crippen molar-refractivity contribution in [3.8, 4) is 0 Å². The summed E-state index contributed by atoms with van der Waals surface area (Å²) in [5.41, 5.74) is 1.19. The second-order valence-electron chi connectivity index (χ2n) is 5.29. The van der Waals surface area contributed by atoms with Crippen LogP contribution in [0.3, 0.4) is 0 Å². The van der Waals surface area contributed by atoms with Gasteiger partial charge in [-0.25, -0.2) is 9.59 Å². The molecule has 9 heteroatoms.